The van der Waals surface area contributed by atoms with Crippen molar-refractivity contribution in [1.29, 1.82) is 0 Å². The van der Waals surface area contributed by atoms with Gasteiger partial charge in [0.1, 0.15) is 18.2 Å². The summed E-state index contributed by atoms with van der Waals surface area (Å²) >= 11 is 6.51. The number of rotatable bonds is 5. The van der Waals surface area contributed by atoms with Crippen LogP contribution < -0.4 is 15.4 Å². The highest BCUT2D eigenvalue weighted by Gasteiger charge is 2.20. The molecule has 0 bridgehead atoms. The van der Waals surface area contributed by atoms with Gasteiger partial charge in [-0.25, -0.2) is 0 Å². The Morgan fingerprint density at radius 2 is 2.07 bits per heavy atom. The molecule has 4 rings (SSSR count). The lowest BCUT2D eigenvalue weighted by Crippen LogP contribution is -2.23. The summed E-state index contributed by atoms with van der Waals surface area (Å²) in [7, 11) is 0. The minimum atomic E-state index is 0.550. The number of anilines is 2. The van der Waals surface area contributed by atoms with Crippen LogP contribution in [-0.4, -0.2) is 24.0 Å². The van der Waals surface area contributed by atoms with Gasteiger partial charge in [0.2, 0.25) is 0 Å². The normalized spacial score (nSPS) is 12.9. The van der Waals surface area contributed by atoms with Gasteiger partial charge >= 0.3 is 0 Å². The van der Waals surface area contributed by atoms with E-state index in [0.717, 1.165) is 34.9 Å². The first-order chi connectivity index (χ1) is 13.2. The molecule has 27 heavy (non-hydrogen) atoms. The van der Waals surface area contributed by atoms with Gasteiger partial charge in [0.25, 0.3) is 0 Å². The Kier molecular flexibility index (Phi) is 4.88. The minimum absolute atomic E-state index is 0.550. The molecule has 1 aliphatic rings. The molecule has 0 unspecified atom stereocenters. The fraction of sp³-hybridized carbons (Fsp3) is 0.190. The molecule has 0 saturated carbocycles. The largest absolute Gasteiger partial charge is 0.456 e. The summed E-state index contributed by atoms with van der Waals surface area (Å²) < 4.78 is 8.05. The Hall–Kier alpha value is -2.76. The molecule has 6 heteroatoms. The van der Waals surface area contributed by atoms with Crippen molar-refractivity contribution in [2.45, 2.75) is 13.5 Å². The molecule has 0 fully saturated rings. The SMILES string of the molecule is Cc1cccc(Oc2ccc(N3CN=Cc4c3ccn4CCN)cc2Cl)c1. The van der Waals surface area contributed by atoms with Crippen LogP contribution in [0.4, 0.5) is 11.4 Å². The predicted molar refractivity (Wildman–Crippen MR) is 111 cm³/mol. The maximum Gasteiger partial charge on any atom is 0.146 e. The van der Waals surface area contributed by atoms with E-state index in [1.54, 1.807) is 0 Å². The van der Waals surface area contributed by atoms with Crippen molar-refractivity contribution in [3.63, 3.8) is 0 Å². The average molecular weight is 381 g/mol. The minimum Gasteiger partial charge on any atom is -0.456 e. The Bertz CT molecular complexity index is 996. The molecule has 3 aromatic rings. The van der Waals surface area contributed by atoms with Crippen molar-refractivity contribution in [2.24, 2.45) is 10.7 Å². The predicted octanol–water partition coefficient (Wildman–Crippen LogP) is 4.73. The maximum absolute atomic E-state index is 6.51. The van der Waals surface area contributed by atoms with Gasteiger partial charge < -0.3 is 19.9 Å². The molecule has 0 spiro atoms. The summed E-state index contributed by atoms with van der Waals surface area (Å²) in [5.41, 5.74) is 9.97. The van der Waals surface area contributed by atoms with Gasteiger partial charge in [-0.2, -0.15) is 0 Å². The highest BCUT2D eigenvalue weighted by molar-refractivity contribution is 6.32. The number of hydrogen-bond donors (Lipinski definition) is 1. The summed E-state index contributed by atoms with van der Waals surface area (Å²) in [4.78, 5) is 6.62. The molecular formula is C21H21ClN4O. The number of halogens is 1. The second-order valence-corrected chi connectivity index (χ2v) is 6.89. The molecule has 1 aliphatic heterocycles. The van der Waals surface area contributed by atoms with Crippen LogP contribution in [0.5, 0.6) is 11.5 Å². The van der Waals surface area contributed by atoms with Crippen LogP contribution in [0, 0.1) is 6.92 Å². The second-order valence-electron chi connectivity index (χ2n) is 6.48. The summed E-state index contributed by atoms with van der Waals surface area (Å²) in [6.45, 7) is 3.93. The average Bonchev–Trinajstić information content (AvgIpc) is 3.07. The maximum atomic E-state index is 6.51. The lowest BCUT2D eigenvalue weighted by Gasteiger charge is -2.26. The first-order valence-electron chi connectivity index (χ1n) is 8.86. The van der Waals surface area contributed by atoms with Gasteiger partial charge in [-0.1, -0.05) is 23.7 Å². The smallest absolute Gasteiger partial charge is 0.146 e. The zero-order chi connectivity index (χ0) is 18.8. The molecule has 138 valence electrons. The number of aryl methyl sites for hydroxylation is 1. The number of fused-ring (bicyclic) bond motifs is 1. The van der Waals surface area contributed by atoms with Gasteiger partial charge in [-0.05, 0) is 48.9 Å². The van der Waals surface area contributed by atoms with Gasteiger partial charge in [0.05, 0.1) is 16.4 Å². The summed E-state index contributed by atoms with van der Waals surface area (Å²) in [5.74, 6) is 1.40. The van der Waals surface area contributed by atoms with Crippen LogP contribution in [0.1, 0.15) is 11.3 Å². The van der Waals surface area contributed by atoms with Crippen LogP contribution in [-0.2, 0) is 6.54 Å². The fourth-order valence-electron chi connectivity index (χ4n) is 3.23. The topological polar surface area (TPSA) is 55.8 Å². The summed E-state index contributed by atoms with van der Waals surface area (Å²) in [6, 6.07) is 15.8. The molecule has 0 aliphatic carbocycles. The lowest BCUT2D eigenvalue weighted by atomic mass is 10.2. The number of benzene rings is 2. The van der Waals surface area contributed by atoms with Crippen molar-refractivity contribution < 1.29 is 4.74 Å². The first-order valence-corrected chi connectivity index (χ1v) is 9.24. The van der Waals surface area contributed by atoms with Crippen LogP contribution in [0.15, 0.2) is 59.7 Å². The van der Waals surface area contributed by atoms with Crippen LogP contribution in [0.25, 0.3) is 0 Å². The Balaban J connectivity index is 1.61. The van der Waals surface area contributed by atoms with Crippen molar-refractivity contribution >= 4 is 29.2 Å². The molecular weight excluding hydrogens is 360 g/mol. The zero-order valence-electron chi connectivity index (χ0n) is 15.1. The van der Waals surface area contributed by atoms with Gasteiger partial charge in [-0.15, -0.1) is 0 Å². The fourth-order valence-corrected chi connectivity index (χ4v) is 3.44. The van der Waals surface area contributed by atoms with Crippen molar-refractivity contribution in [2.75, 3.05) is 18.1 Å². The molecule has 2 heterocycles. The van der Waals surface area contributed by atoms with Crippen LogP contribution in [0.3, 0.4) is 0 Å². The van der Waals surface area contributed by atoms with Gasteiger partial charge in [-0.3, -0.25) is 4.99 Å². The van der Waals surface area contributed by atoms with E-state index in [4.69, 9.17) is 22.1 Å². The van der Waals surface area contributed by atoms with E-state index in [9.17, 15) is 0 Å². The monoisotopic (exact) mass is 380 g/mol. The van der Waals surface area contributed by atoms with Crippen LogP contribution >= 0.6 is 11.6 Å². The Morgan fingerprint density at radius 3 is 2.85 bits per heavy atom. The van der Waals surface area contributed by atoms with Crippen molar-refractivity contribution in [1.82, 2.24) is 4.57 Å². The number of aliphatic imine (C=N–C) groups is 1. The van der Waals surface area contributed by atoms with Crippen molar-refractivity contribution in [3.05, 3.63) is 71.0 Å². The molecule has 1 aromatic heterocycles. The summed E-state index contributed by atoms with van der Waals surface area (Å²) in [5, 5.41) is 0.562. The Labute approximate surface area is 163 Å². The molecule has 0 radical (unpaired) electrons. The first kappa shape index (κ1) is 17.6. The number of nitrogens with two attached hydrogens (primary N) is 1. The summed E-state index contributed by atoms with van der Waals surface area (Å²) in [6.07, 6.45) is 3.94. The van der Waals surface area contributed by atoms with E-state index in [2.05, 4.69) is 20.5 Å². The van der Waals surface area contributed by atoms with E-state index in [1.165, 1.54) is 0 Å². The van der Waals surface area contributed by atoms with Gasteiger partial charge in [0.15, 0.2) is 0 Å². The van der Waals surface area contributed by atoms with E-state index < -0.39 is 0 Å². The second kappa shape index (κ2) is 7.47. The third-order valence-electron chi connectivity index (χ3n) is 4.53. The standard InChI is InChI=1S/C21H21ClN4O/c1-15-3-2-4-17(11-15)27-21-6-5-16(12-18(21)22)26-14-24-13-20-19(26)7-9-25(20)10-8-23/h2-7,9,11-13H,8,10,14,23H2,1H3. The van der Waals surface area contributed by atoms with Crippen molar-refractivity contribution in [3.8, 4) is 11.5 Å². The molecule has 2 aromatic carbocycles. The highest BCUT2D eigenvalue weighted by atomic mass is 35.5. The third-order valence-corrected chi connectivity index (χ3v) is 4.82. The lowest BCUT2D eigenvalue weighted by molar-refractivity contribution is 0.482. The van der Waals surface area contributed by atoms with Gasteiger partial charge in [0, 0.05) is 31.2 Å². The Morgan fingerprint density at radius 1 is 1.19 bits per heavy atom. The zero-order valence-corrected chi connectivity index (χ0v) is 15.9. The van der Waals surface area contributed by atoms with E-state index in [-0.39, 0.29) is 0 Å². The van der Waals surface area contributed by atoms with E-state index in [1.807, 2.05) is 61.8 Å². The molecule has 0 saturated heterocycles. The number of nitrogens with zero attached hydrogens (tertiary/aromatic N) is 3. The molecule has 0 atom stereocenters. The van der Waals surface area contributed by atoms with E-state index in [0.29, 0.717) is 24.0 Å². The van der Waals surface area contributed by atoms with E-state index >= 15 is 0 Å². The molecule has 2 N–H and O–H groups in total. The molecule has 5 nitrogen and oxygen atoms in total. The van der Waals surface area contributed by atoms with Crippen LogP contribution in [0.2, 0.25) is 5.02 Å². The number of ether oxygens (including phenoxy) is 1. The molecule has 0 amide bonds. The number of hydrogen-bond acceptors (Lipinski definition) is 4. The quantitative estimate of drug-likeness (QED) is 0.696. The highest BCUT2D eigenvalue weighted by Crippen LogP contribution is 2.37. The third kappa shape index (κ3) is 3.56. The number of aromatic nitrogens is 1.